The van der Waals surface area contributed by atoms with Crippen molar-refractivity contribution in [3.8, 4) is 0 Å². The normalized spacial score (nSPS) is 21.7. The average molecular weight is 926 g/mol. The Morgan fingerprint density at radius 3 is 1.57 bits per heavy atom. The van der Waals surface area contributed by atoms with Crippen molar-refractivity contribution < 1.29 is 0 Å². The number of aryl methyl sites for hydroxylation is 2. The van der Waals surface area contributed by atoms with Crippen molar-refractivity contribution in [1.82, 2.24) is 0 Å². The maximum absolute atomic E-state index is 2.90. The predicted octanol–water partition coefficient (Wildman–Crippen LogP) is 16.4. The van der Waals surface area contributed by atoms with Crippen LogP contribution in [0.5, 0.6) is 0 Å². The first-order chi connectivity index (χ1) is 32.6. The van der Waals surface area contributed by atoms with Crippen LogP contribution in [-0.4, -0.2) is 12.3 Å². The number of nitrogens with zero attached hydrogens (tertiary/aromatic N) is 3. The SMILES string of the molecule is Cc1cc2c3c(c1)N1c4c(cc(C(C)(C)C)cc4C4(C)CCCCC14C)B3c1ccc(N(c3ccc(C(C)(C)C)cc3)c3ccc(C(C)(C)C)cc3)cc1N2c1cc2c(cc1C)C(C)(C)CCC2(C)C. The molecule has 0 saturated heterocycles. The van der Waals surface area contributed by atoms with E-state index < -0.39 is 0 Å². The average Bonchev–Trinajstić information content (AvgIpc) is 3.49. The fourth-order valence-corrected chi connectivity index (χ4v) is 13.9. The van der Waals surface area contributed by atoms with Gasteiger partial charge in [-0.15, -0.1) is 0 Å². The van der Waals surface area contributed by atoms with E-state index in [-0.39, 0.29) is 44.7 Å². The minimum atomic E-state index is -0.0384. The van der Waals surface area contributed by atoms with E-state index in [0.717, 1.165) is 0 Å². The predicted molar refractivity (Wildman–Crippen MR) is 304 cm³/mol. The Bertz CT molecular complexity index is 3060. The highest BCUT2D eigenvalue weighted by atomic mass is 15.3. The Hall–Kier alpha value is -5.22. The van der Waals surface area contributed by atoms with Gasteiger partial charge in [-0.2, -0.15) is 0 Å². The standard InChI is InChI=1S/C66H80BN3/c1-41-34-56-58-57(35-41)70-59-51(65(16)30-18-19-31-66(65,70)17)37-45(62(9,10)11)38-53(59)67(58)52-29-28-48(39-55(52)69(56)54-40-50-49(36-42(54)2)63(12,13)32-33-64(50,14)15)68(46-24-20-43(21-25-46)60(3,4)5)47-26-22-44(23-27-47)61(6,7)8/h20-29,34-40H,18-19,30-33H2,1-17H3. The largest absolute Gasteiger partial charge is 0.335 e. The van der Waals surface area contributed by atoms with Gasteiger partial charge in [0.05, 0.1) is 5.54 Å². The molecule has 11 rings (SSSR count). The molecule has 1 saturated carbocycles. The van der Waals surface area contributed by atoms with Gasteiger partial charge in [-0.1, -0.05) is 158 Å². The summed E-state index contributed by atoms with van der Waals surface area (Å²) in [6.07, 6.45) is 7.33. The van der Waals surface area contributed by atoms with E-state index in [2.05, 4.69) is 236 Å². The molecule has 3 nitrogen and oxygen atoms in total. The second-order valence-electron chi connectivity index (χ2n) is 27.5. The van der Waals surface area contributed by atoms with Crippen LogP contribution >= 0.6 is 0 Å². The van der Waals surface area contributed by atoms with Crippen LogP contribution in [0.15, 0.2) is 103 Å². The van der Waals surface area contributed by atoms with Crippen LogP contribution in [0, 0.1) is 13.8 Å². The first-order valence-corrected chi connectivity index (χ1v) is 26.9. The Morgan fingerprint density at radius 1 is 0.471 bits per heavy atom. The molecule has 70 heavy (non-hydrogen) atoms. The molecule has 4 heteroatoms. The molecule has 0 amide bonds. The van der Waals surface area contributed by atoms with Gasteiger partial charge in [-0.25, -0.2) is 0 Å². The molecular weight excluding hydrogens is 846 g/mol. The molecule has 2 atom stereocenters. The van der Waals surface area contributed by atoms with Crippen LogP contribution in [0.4, 0.5) is 45.5 Å². The molecule has 0 bridgehead atoms. The van der Waals surface area contributed by atoms with Crippen molar-refractivity contribution in [2.45, 2.75) is 194 Å². The minimum absolute atomic E-state index is 0.00342. The molecule has 0 aromatic heterocycles. The highest BCUT2D eigenvalue weighted by molar-refractivity contribution is 7.00. The van der Waals surface area contributed by atoms with Gasteiger partial charge in [0.1, 0.15) is 0 Å². The molecule has 6 aromatic carbocycles. The van der Waals surface area contributed by atoms with E-state index in [0.29, 0.717) is 0 Å². The van der Waals surface area contributed by atoms with Gasteiger partial charge in [0.2, 0.25) is 0 Å². The monoisotopic (exact) mass is 926 g/mol. The molecule has 0 spiro atoms. The highest BCUT2D eigenvalue weighted by Crippen LogP contribution is 2.62. The third kappa shape index (κ3) is 6.87. The van der Waals surface area contributed by atoms with Crippen LogP contribution in [0.1, 0.15) is 187 Å². The van der Waals surface area contributed by atoms with Gasteiger partial charge >= 0.3 is 0 Å². The molecule has 2 unspecified atom stereocenters. The lowest BCUT2D eigenvalue weighted by Crippen LogP contribution is -2.64. The van der Waals surface area contributed by atoms with Crippen LogP contribution in [0.3, 0.4) is 0 Å². The van der Waals surface area contributed by atoms with Gasteiger partial charge in [0.15, 0.2) is 0 Å². The molecule has 362 valence electrons. The number of rotatable bonds is 4. The van der Waals surface area contributed by atoms with Crippen LogP contribution in [-0.2, 0) is 32.5 Å². The van der Waals surface area contributed by atoms with Gasteiger partial charge in [-0.05, 0) is 189 Å². The summed E-state index contributed by atoms with van der Waals surface area (Å²) in [6, 6.07) is 41.9. The van der Waals surface area contributed by atoms with Crippen molar-refractivity contribution in [3.05, 3.63) is 148 Å². The quantitative estimate of drug-likeness (QED) is 0.163. The topological polar surface area (TPSA) is 9.72 Å². The summed E-state index contributed by atoms with van der Waals surface area (Å²) >= 11 is 0. The summed E-state index contributed by atoms with van der Waals surface area (Å²) in [5.74, 6) is 0. The summed E-state index contributed by atoms with van der Waals surface area (Å²) in [4.78, 5) is 8.14. The zero-order chi connectivity index (χ0) is 50.0. The summed E-state index contributed by atoms with van der Waals surface area (Å²) in [6.45, 7) is 41.1. The molecule has 0 radical (unpaired) electrons. The Labute approximate surface area is 423 Å². The highest BCUT2D eigenvalue weighted by Gasteiger charge is 2.61. The minimum Gasteiger partial charge on any atom is -0.335 e. The van der Waals surface area contributed by atoms with E-state index in [9.17, 15) is 0 Å². The first kappa shape index (κ1) is 47.1. The van der Waals surface area contributed by atoms with Crippen molar-refractivity contribution in [1.29, 1.82) is 0 Å². The van der Waals surface area contributed by atoms with E-state index in [1.165, 1.54) is 139 Å². The second kappa shape index (κ2) is 15.2. The maximum Gasteiger partial charge on any atom is 0.252 e. The van der Waals surface area contributed by atoms with E-state index in [1.807, 2.05) is 0 Å². The lowest BCUT2D eigenvalue weighted by molar-refractivity contribution is 0.195. The van der Waals surface area contributed by atoms with Gasteiger partial charge in [-0.3, -0.25) is 0 Å². The van der Waals surface area contributed by atoms with E-state index in [1.54, 1.807) is 5.56 Å². The number of hydrogen-bond donors (Lipinski definition) is 0. The molecule has 0 N–H and O–H groups in total. The number of anilines is 8. The third-order valence-corrected chi connectivity index (χ3v) is 18.7. The van der Waals surface area contributed by atoms with E-state index in [4.69, 9.17) is 0 Å². The molecule has 6 aromatic rings. The molecule has 1 fully saturated rings. The summed E-state index contributed by atoms with van der Waals surface area (Å²) in [5, 5.41) is 0. The van der Waals surface area contributed by atoms with E-state index >= 15 is 0 Å². The lowest BCUT2D eigenvalue weighted by Gasteiger charge is -2.53. The number of hydrogen-bond acceptors (Lipinski definition) is 3. The summed E-state index contributed by atoms with van der Waals surface area (Å²) < 4.78 is 0. The number of fused-ring (bicyclic) bond motifs is 8. The zero-order valence-corrected chi connectivity index (χ0v) is 46.0. The van der Waals surface area contributed by atoms with Crippen molar-refractivity contribution >= 4 is 68.6 Å². The summed E-state index contributed by atoms with van der Waals surface area (Å²) in [7, 11) is 0. The first-order valence-electron chi connectivity index (χ1n) is 26.9. The van der Waals surface area contributed by atoms with Gasteiger partial charge < -0.3 is 14.7 Å². The second-order valence-corrected chi connectivity index (χ2v) is 27.5. The smallest absolute Gasteiger partial charge is 0.252 e. The Kier molecular flexibility index (Phi) is 10.2. The van der Waals surface area contributed by atoms with Crippen LogP contribution in [0.2, 0.25) is 0 Å². The summed E-state index contributed by atoms with van der Waals surface area (Å²) in [5.41, 5.74) is 26.3. The Balaban J connectivity index is 1.23. The van der Waals surface area contributed by atoms with Crippen LogP contribution < -0.4 is 31.1 Å². The van der Waals surface area contributed by atoms with Crippen LogP contribution in [0.25, 0.3) is 0 Å². The van der Waals surface area contributed by atoms with Gasteiger partial charge in [0.25, 0.3) is 6.71 Å². The van der Waals surface area contributed by atoms with Crippen molar-refractivity contribution in [2.24, 2.45) is 0 Å². The Morgan fingerprint density at radius 2 is 1.00 bits per heavy atom. The third-order valence-electron chi connectivity index (χ3n) is 18.7. The molecular formula is C66H80BN3. The molecule has 3 heterocycles. The zero-order valence-electron chi connectivity index (χ0n) is 46.0. The molecule has 5 aliphatic rings. The lowest BCUT2D eigenvalue weighted by atomic mass is 9.33. The molecule has 3 aliphatic heterocycles. The number of benzene rings is 6. The molecule has 2 aliphatic carbocycles. The van der Waals surface area contributed by atoms with Gasteiger partial charge in [0, 0.05) is 50.9 Å². The van der Waals surface area contributed by atoms with Crippen molar-refractivity contribution in [2.75, 3.05) is 14.7 Å². The maximum atomic E-state index is 2.90. The fraction of sp³-hybridized carbons (Fsp3) is 0.455. The van der Waals surface area contributed by atoms with Crippen molar-refractivity contribution in [3.63, 3.8) is 0 Å². The fourth-order valence-electron chi connectivity index (χ4n) is 13.9.